The van der Waals surface area contributed by atoms with E-state index in [0.717, 1.165) is 31.7 Å². The third kappa shape index (κ3) is 4.61. The van der Waals surface area contributed by atoms with Gasteiger partial charge in [-0.25, -0.2) is 4.98 Å². The van der Waals surface area contributed by atoms with Gasteiger partial charge in [-0.2, -0.15) is 0 Å². The molecule has 3 heterocycles. The first kappa shape index (κ1) is 21.4. The second-order valence-corrected chi connectivity index (χ2v) is 9.31. The minimum Gasteiger partial charge on any atom is -0.490 e. The summed E-state index contributed by atoms with van der Waals surface area (Å²) in [5.74, 6) is 1.08. The largest absolute Gasteiger partial charge is 0.490 e. The number of nitrogens with one attached hydrogen (secondary N) is 1. The number of nitrogens with zero attached hydrogens (tertiary/aromatic N) is 3. The van der Waals surface area contributed by atoms with Gasteiger partial charge in [0.2, 0.25) is 5.91 Å². The van der Waals surface area contributed by atoms with Crippen LogP contribution >= 0.6 is 11.6 Å². The lowest BCUT2D eigenvalue weighted by Crippen LogP contribution is -2.44. The Labute approximate surface area is 187 Å². The molecular formula is C23H27ClN4O3. The van der Waals surface area contributed by atoms with Crippen LogP contribution in [0.3, 0.4) is 0 Å². The molecule has 1 N–H and O–H groups in total. The summed E-state index contributed by atoms with van der Waals surface area (Å²) >= 11 is 6.19. The molecule has 164 valence electrons. The summed E-state index contributed by atoms with van der Waals surface area (Å²) in [6.07, 6.45) is 2.22. The van der Waals surface area contributed by atoms with Gasteiger partial charge in [-0.15, -0.1) is 0 Å². The molecule has 8 heteroatoms. The van der Waals surface area contributed by atoms with E-state index in [-0.39, 0.29) is 17.0 Å². The maximum Gasteiger partial charge on any atom is 0.255 e. The van der Waals surface area contributed by atoms with Gasteiger partial charge >= 0.3 is 0 Å². The predicted molar refractivity (Wildman–Crippen MR) is 122 cm³/mol. The SMILES string of the molecule is CC(C)(C)C(=O)N1CCOc2ccc(NC(=O)c3cc(Cl)nc(N4CCCC4)c3)cc21. The Morgan fingerprint density at radius 2 is 1.84 bits per heavy atom. The van der Waals surface area contributed by atoms with Gasteiger partial charge in [-0.1, -0.05) is 32.4 Å². The lowest BCUT2D eigenvalue weighted by atomic mass is 9.94. The summed E-state index contributed by atoms with van der Waals surface area (Å²) in [6.45, 7) is 8.41. The van der Waals surface area contributed by atoms with E-state index in [1.165, 1.54) is 0 Å². The zero-order valence-electron chi connectivity index (χ0n) is 18.1. The second kappa shape index (κ2) is 8.38. The summed E-state index contributed by atoms with van der Waals surface area (Å²) in [4.78, 5) is 34.1. The van der Waals surface area contributed by atoms with Gasteiger partial charge in [0.1, 0.15) is 23.3 Å². The van der Waals surface area contributed by atoms with E-state index in [0.29, 0.717) is 35.8 Å². The van der Waals surface area contributed by atoms with Crippen molar-refractivity contribution in [1.29, 1.82) is 0 Å². The van der Waals surface area contributed by atoms with Gasteiger partial charge in [-0.3, -0.25) is 9.59 Å². The Hall–Kier alpha value is -2.80. The average Bonchev–Trinajstić information content (AvgIpc) is 3.26. The molecule has 0 saturated carbocycles. The van der Waals surface area contributed by atoms with Crippen LogP contribution in [0.2, 0.25) is 5.15 Å². The molecule has 1 aromatic carbocycles. The Morgan fingerprint density at radius 1 is 1.10 bits per heavy atom. The van der Waals surface area contributed by atoms with Gasteiger partial charge in [0.25, 0.3) is 5.91 Å². The van der Waals surface area contributed by atoms with E-state index in [1.54, 1.807) is 35.2 Å². The molecule has 7 nitrogen and oxygen atoms in total. The lowest BCUT2D eigenvalue weighted by Gasteiger charge is -2.34. The van der Waals surface area contributed by atoms with Crippen LogP contribution in [0.5, 0.6) is 5.75 Å². The normalized spacial score (nSPS) is 16.0. The predicted octanol–water partition coefficient (Wildman–Crippen LogP) is 4.36. The zero-order valence-corrected chi connectivity index (χ0v) is 18.8. The number of anilines is 3. The number of pyridine rings is 1. The highest BCUT2D eigenvalue weighted by Crippen LogP contribution is 2.36. The first-order chi connectivity index (χ1) is 14.7. The summed E-state index contributed by atoms with van der Waals surface area (Å²) in [5, 5.41) is 3.20. The van der Waals surface area contributed by atoms with Crippen molar-refractivity contribution >= 4 is 40.6 Å². The molecule has 2 aliphatic rings. The van der Waals surface area contributed by atoms with E-state index in [2.05, 4.69) is 15.2 Å². The van der Waals surface area contributed by atoms with Gasteiger partial charge in [-0.05, 0) is 43.2 Å². The third-order valence-corrected chi connectivity index (χ3v) is 5.63. The molecule has 0 radical (unpaired) electrons. The van der Waals surface area contributed by atoms with Gasteiger partial charge in [0.05, 0.1) is 12.2 Å². The first-order valence-corrected chi connectivity index (χ1v) is 10.9. The number of halogens is 1. The van der Waals surface area contributed by atoms with Crippen molar-refractivity contribution in [3.63, 3.8) is 0 Å². The zero-order chi connectivity index (χ0) is 22.2. The Kier molecular flexibility index (Phi) is 5.79. The fourth-order valence-corrected chi connectivity index (χ4v) is 4.04. The number of ether oxygens (including phenoxy) is 1. The number of rotatable bonds is 3. The molecule has 2 amide bonds. The van der Waals surface area contributed by atoms with Crippen LogP contribution in [0.1, 0.15) is 44.0 Å². The van der Waals surface area contributed by atoms with Crippen molar-refractivity contribution in [2.45, 2.75) is 33.6 Å². The molecule has 1 fully saturated rings. The van der Waals surface area contributed by atoms with Crippen molar-refractivity contribution in [2.24, 2.45) is 5.41 Å². The van der Waals surface area contributed by atoms with Crippen molar-refractivity contribution < 1.29 is 14.3 Å². The molecule has 1 aromatic heterocycles. The number of aromatic nitrogens is 1. The highest BCUT2D eigenvalue weighted by atomic mass is 35.5. The molecule has 2 aliphatic heterocycles. The van der Waals surface area contributed by atoms with Crippen LogP contribution in [0.25, 0.3) is 0 Å². The molecule has 2 aromatic rings. The molecule has 31 heavy (non-hydrogen) atoms. The molecule has 0 bridgehead atoms. The number of carbonyl (C=O) groups is 2. The van der Waals surface area contributed by atoms with Crippen molar-refractivity contribution in [3.05, 3.63) is 41.0 Å². The molecule has 1 saturated heterocycles. The maximum absolute atomic E-state index is 12.9. The number of fused-ring (bicyclic) bond motifs is 1. The van der Waals surface area contributed by atoms with Crippen molar-refractivity contribution in [3.8, 4) is 5.75 Å². The van der Waals surface area contributed by atoms with Crippen molar-refractivity contribution in [1.82, 2.24) is 4.98 Å². The number of hydrogen-bond donors (Lipinski definition) is 1. The molecule has 4 rings (SSSR count). The fourth-order valence-electron chi connectivity index (χ4n) is 3.84. The Bertz CT molecular complexity index is 1010. The topological polar surface area (TPSA) is 74.8 Å². The Balaban J connectivity index is 1.58. The van der Waals surface area contributed by atoms with Crippen LogP contribution in [0.15, 0.2) is 30.3 Å². The first-order valence-electron chi connectivity index (χ1n) is 10.5. The third-order valence-electron chi connectivity index (χ3n) is 5.44. The highest BCUT2D eigenvalue weighted by molar-refractivity contribution is 6.30. The van der Waals surface area contributed by atoms with Crippen LogP contribution in [0.4, 0.5) is 17.2 Å². The summed E-state index contributed by atoms with van der Waals surface area (Å²) < 4.78 is 5.71. The summed E-state index contributed by atoms with van der Waals surface area (Å²) in [7, 11) is 0. The molecule has 0 atom stereocenters. The average molecular weight is 443 g/mol. The maximum atomic E-state index is 12.9. The van der Waals surface area contributed by atoms with Crippen LogP contribution < -0.4 is 19.9 Å². The van der Waals surface area contributed by atoms with Gasteiger partial charge in [0, 0.05) is 29.8 Å². The minimum atomic E-state index is -0.520. The van der Waals surface area contributed by atoms with Gasteiger partial charge in [0.15, 0.2) is 0 Å². The molecule has 0 spiro atoms. The van der Waals surface area contributed by atoms with E-state index >= 15 is 0 Å². The number of carbonyl (C=O) groups excluding carboxylic acids is 2. The fraction of sp³-hybridized carbons (Fsp3) is 0.435. The quantitative estimate of drug-likeness (QED) is 0.715. The van der Waals surface area contributed by atoms with Crippen molar-refractivity contribution in [2.75, 3.05) is 41.4 Å². The molecular weight excluding hydrogens is 416 g/mol. The number of amides is 2. The Morgan fingerprint density at radius 3 is 2.55 bits per heavy atom. The van der Waals surface area contributed by atoms with Crippen LogP contribution in [-0.4, -0.2) is 43.0 Å². The summed E-state index contributed by atoms with van der Waals surface area (Å²) in [6, 6.07) is 8.66. The highest BCUT2D eigenvalue weighted by Gasteiger charge is 2.32. The second-order valence-electron chi connectivity index (χ2n) is 8.92. The van der Waals surface area contributed by atoms with E-state index in [4.69, 9.17) is 16.3 Å². The number of hydrogen-bond acceptors (Lipinski definition) is 5. The molecule has 0 aliphatic carbocycles. The number of benzene rings is 1. The van der Waals surface area contributed by atoms with Crippen LogP contribution in [-0.2, 0) is 4.79 Å². The van der Waals surface area contributed by atoms with E-state index < -0.39 is 5.41 Å². The molecule has 0 unspecified atom stereocenters. The van der Waals surface area contributed by atoms with E-state index in [1.807, 2.05) is 20.8 Å². The van der Waals surface area contributed by atoms with Crippen LogP contribution in [0, 0.1) is 5.41 Å². The standard InChI is InChI=1S/C23H27ClN4O3/c1-23(2,3)22(30)28-10-11-31-18-7-6-16(14-17(18)28)25-21(29)15-12-19(24)26-20(13-15)27-8-4-5-9-27/h6-7,12-14H,4-5,8-11H2,1-3H3,(H,25,29). The minimum absolute atomic E-state index is 0.0108. The summed E-state index contributed by atoms with van der Waals surface area (Å²) in [5.41, 5.74) is 1.16. The van der Waals surface area contributed by atoms with E-state index in [9.17, 15) is 9.59 Å². The smallest absolute Gasteiger partial charge is 0.255 e. The lowest BCUT2D eigenvalue weighted by molar-refractivity contribution is -0.126. The monoisotopic (exact) mass is 442 g/mol. The van der Waals surface area contributed by atoms with Gasteiger partial charge < -0.3 is 19.9 Å².